The number of carbonyl (C=O) groups is 1. The molecule has 0 fully saturated rings. The highest BCUT2D eigenvalue weighted by molar-refractivity contribution is 6.88. The molecule has 1 rings (SSSR count). The molecule has 0 spiro atoms. The summed E-state index contributed by atoms with van der Waals surface area (Å²) in [4.78, 5) is 16.5. The predicted octanol–water partition coefficient (Wildman–Crippen LogP) is 2.89. The summed E-state index contributed by atoms with van der Waals surface area (Å²) < 4.78 is 21.2. The molecule has 0 radical (unpaired) electrons. The second-order valence-corrected chi connectivity index (χ2v) is 11.6. The van der Waals surface area contributed by atoms with Crippen LogP contribution in [0.1, 0.15) is 30.8 Å². The van der Waals surface area contributed by atoms with Crippen molar-refractivity contribution in [3.63, 3.8) is 0 Å². The topological polar surface area (TPSA) is 66.9 Å². The lowest BCUT2D eigenvalue weighted by Gasteiger charge is -2.25. The van der Waals surface area contributed by atoms with Gasteiger partial charge in [-0.25, -0.2) is 9.78 Å². The van der Waals surface area contributed by atoms with Crippen LogP contribution in [0.3, 0.4) is 0 Å². The first-order valence-electron chi connectivity index (χ1n) is 8.17. The monoisotopic (exact) mass is 367 g/mol. The maximum absolute atomic E-state index is 11.8. The van der Waals surface area contributed by atoms with E-state index in [1.54, 1.807) is 21.3 Å². The molecule has 0 unspecified atom stereocenters. The first-order chi connectivity index (χ1) is 11.7. The van der Waals surface area contributed by atoms with Gasteiger partial charge in [-0.3, -0.25) is 0 Å². The summed E-state index contributed by atoms with van der Waals surface area (Å²) in [5.74, 6) is 0.0485. The fraction of sp³-hybridized carbons (Fsp3) is 0.556. The van der Waals surface area contributed by atoms with E-state index in [0.717, 1.165) is 16.5 Å². The molecule has 0 atom stereocenters. The lowest BCUT2D eigenvalue weighted by molar-refractivity contribution is -0.134. The molecule has 0 amide bonds. The van der Waals surface area contributed by atoms with Crippen molar-refractivity contribution >= 4 is 24.9 Å². The minimum Gasteiger partial charge on any atom is -0.481 e. The Morgan fingerprint density at radius 3 is 2.20 bits per heavy atom. The summed E-state index contributed by atoms with van der Waals surface area (Å²) in [6.07, 6.45) is 1.48. The van der Waals surface area contributed by atoms with Crippen LogP contribution in [0.5, 0.6) is 5.88 Å². The average molecular weight is 368 g/mol. The minimum absolute atomic E-state index is 0.403. The zero-order chi connectivity index (χ0) is 19.2. The second kappa shape index (κ2) is 9.12. The molecule has 1 aromatic rings. The van der Waals surface area contributed by atoms with Gasteiger partial charge in [-0.15, -0.1) is 0 Å². The highest BCUT2D eigenvalue weighted by Gasteiger charge is 2.28. The number of pyridine rings is 1. The third-order valence-corrected chi connectivity index (χ3v) is 5.66. The Hall–Kier alpha value is -1.70. The van der Waals surface area contributed by atoms with Gasteiger partial charge in [0.2, 0.25) is 5.88 Å². The Bertz CT molecular complexity index is 633. The summed E-state index contributed by atoms with van der Waals surface area (Å²) >= 11 is 0. The van der Waals surface area contributed by atoms with E-state index in [4.69, 9.17) is 23.9 Å². The van der Waals surface area contributed by atoms with Gasteiger partial charge >= 0.3 is 5.97 Å². The maximum atomic E-state index is 11.8. The molecule has 0 saturated carbocycles. The quantitative estimate of drug-likeness (QED) is 0.305. The predicted molar refractivity (Wildman–Crippen MR) is 101 cm³/mol. The lowest BCUT2D eigenvalue weighted by atomic mass is 9.98. The summed E-state index contributed by atoms with van der Waals surface area (Å²) in [6, 6.07) is 2.02. The van der Waals surface area contributed by atoms with Crippen LogP contribution in [-0.2, 0) is 19.0 Å². The molecule has 0 bridgehead atoms. The van der Waals surface area contributed by atoms with E-state index < -0.39 is 20.3 Å². The Morgan fingerprint density at radius 2 is 1.80 bits per heavy atom. The standard InChI is InChI=1S/C18H29NO5Si/c1-9-12(10-15(20)21-2)13-11-14(25(6,7)8)19-17(22-3)16(13)18(23-4)24-5/h10-11,18H,9H2,1-8H3/b12-10+. The van der Waals surface area contributed by atoms with Crippen molar-refractivity contribution in [2.24, 2.45) is 0 Å². The third-order valence-electron chi connectivity index (χ3n) is 3.87. The number of hydrogen-bond donors (Lipinski definition) is 0. The van der Waals surface area contributed by atoms with Gasteiger partial charge in [-0.1, -0.05) is 26.6 Å². The number of rotatable bonds is 8. The molecule has 6 nitrogen and oxygen atoms in total. The summed E-state index contributed by atoms with van der Waals surface area (Å²) in [6.45, 7) is 8.60. The Balaban J connectivity index is 3.79. The van der Waals surface area contributed by atoms with Crippen LogP contribution in [0.2, 0.25) is 19.6 Å². The number of methoxy groups -OCH3 is 4. The molecule has 0 saturated heterocycles. The van der Waals surface area contributed by atoms with E-state index >= 15 is 0 Å². The highest BCUT2D eigenvalue weighted by Crippen LogP contribution is 2.34. The number of hydrogen-bond acceptors (Lipinski definition) is 6. The van der Waals surface area contributed by atoms with Gasteiger partial charge in [0.25, 0.3) is 0 Å². The van der Waals surface area contributed by atoms with Gasteiger partial charge < -0.3 is 18.9 Å². The average Bonchev–Trinajstić information content (AvgIpc) is 2.59. The van der Waals surface area contributed by atoms with Crippen molar-refractivity contribution in [1.82, 2.24) is 4.98 Å². The van der Waals surface area contributed by atoms with Crippen molar-refractivity contribution in [1.29, 1.82) is 0 Å². The van der Waals surface area contributed by atoms with Crippen LogP contribution in [0.4, 0.5) is 0 Å². The van der Waals surface area contributed by atoms with Gasteiger partial charge in [-0.2, -0.15) is 0 Å². The molecule has 0 aliphatic carbocycles. The van der Waals surface area contributed by atoms with Crippen LogP contribution in [0.25, 0.3) is 5.57 Å². The van der Waals surface area contributed by atoms with E-state index in [1.165, 1.54) is 13.2 Å². The molecule has 0 aliphatic rings. The molecule has 1 aromatic heterocycles. The molecular formula is C18H29NO5Si. The van der Waals surface area contributed by atoms with Crippen LogP contribution in [0.15, 0.2) is 12.1 Å². The van der Waals surface area contributed by atoms with Crippen molar-refractivity contribution in [2.75, 3.05) is 28.4 Å². The molecule has 140 valence electrons. The molecule has 25 heavy (non-hydrogen) atoms. The number of allylic oxidation sites excluding steroid dienone is 1. The summed E-state index contributed by atoms with van der Waals surface area (Å²) in [5.41, 5.74) is 2.33. The molecule has 1 heterocycles. The highest BCUT2D eigenvalue weighted by atomic mass is 28.3. The molecular weight excluding hydrogens is 338 g/mol. The van der Waals surface area contributed by atoms with Gasteiger partial charge in [0, 0.05) is 25.6 Å². The number of ether oxygens (including phenoxy) is 4. The minimum atomic E-state index is -1.71. The fourth-order valence-electron chi connectivity index (χ4n) is 2.47. The number of nitrogens with zero attached hydrogens (tertiary/aromatic N) is 1. The largest absolute Gasteiger partial charge is 0.481 e. The van der Waals surface area contributed by atoms with E-state index in [2.05, 4.69) is 19.6 Å². The summed E-state index contributed by atoms with van der Waals surface area (Å²) in [7, 11) is 4.33. The molecule has 0 N–H and O–H groups in total. The van der Waals surface area contributed by atoms with Crippen molar-refractivity contribution in [3.05, 3.63) is 23.3 Å². The fourth-order valence-corrected chi connectivity index (χ4v) is 3.48. The normalized spacial score (nSPS) is 12.4. The van der Waals surface area contributed by atoms with Crippen molar-refractivity contribution < 1.29 is 23.7 Å². The SMILES string of the molecule is CC/C(=C\C(=O)OC)c1cc([Si](C)(C)C)nc(OC)c1C(OC)OC. The lowest BCUT2D eigenvalue weighted by Crippen LogP contribution is -2.40. The smallest absolute Gasteiger partial charge is 0.330 e. The summed E-state index contributed by atoms with van der Waals surface area (Å²) in [5, 5.41) is 0.985. The van der Waals surface area contributed by atoms with Crippen LogP contribution in [0, 0.1) is 0 Å². The van der Waals surface area contributed by atoms with Gasteiger partial charge in [0.1, 0.15) is 8.07 Å². The third kappa shape index (κ3) is 5.13. The maximum Gasteiger partial charge on any atom is 0.330 e. The number of aromatic nitrogens is 1. The molecule has 0 aliphatic heterocycles. The zero-order valence-electron chi connectivity index (χ0n) is 16.4. The Labute approximate surface area is 151 Å². The van der Waals surface area contributed by atoms with E-state index in [-0.39, 0.29) is 0 Å². The zero-order valence-corrected chi connectivity index (χ0v) is 17.4. The molecule has 7 heteroatoms. The van der Waals surface area contributed by atoms with Crippen LogP contribution >= 0.6 is 0 Å². The van der Waals surface area contributed by atoms with Gasteiger partial charge in [0.15, 0.2) is 6.29 Å². The van der Waals surface area contributed by atoms with Crippen LogP contribution < -0.4 is 10.1 Å². The van der Waals surface area contributed by atoms with Crippen molar-refractivity contribution in [2.45, 2.75) is 39.3 Å². The van der Waals surface area contributed by atoms with Gasteiger partial charge in [-0.05, 0) is 23.6 Å². The molecule has 0 aromatic carbocycles. The van der Waals surface area contributed by atoms with E-state index in [9.17, 15) is 4.79 Å². The number of esters is 1. The van der Waals surface area contributed by atoms with E-state index in [0.29, 0.717) is 17.9 Å². The first-order valence-corrected chi connectivity index (χ1v) is 11.7. The first kappa shape index (κ1) is 21.3. The van der Waals surface area contributed by atoms with Gasteiger partial charge in [0.05, 0.1) is 19.8 Å². The van der Waals surface area contributed by atoms with E-state index in [1.807, 2.05) is 13.0 Å². The van der Waals surface area contributed by atoms with Crippen LogP contribution in [-0.4, -0.2) is 47.5 Å². The van der Waals surface area contributed by atoms with Crippen molar-refractivity contribution in [3.8, 4) is 5.88 Å². The Morgan fingerprint density at radius 1 is 1.20 bits per heavy atom. The second-order valence-electron chi connectivity index (χ2n) is 6.58. The number of carbonyl (C=O) groups excluding carboxylic acids is 1. The Kier molecular flexibility index (Phi) is 7.79.